The van der Waals surface area contributed by atoms with E-state index in [4.69, 9.17) is 5.73 Å². The van der Waals surface area contributed by atoms with Gasteiger partial charge < -0.3 is 10.6 Å². The number of aromatic nitrogens is 3. The number of aromatic amines is 1. The van der Waals surface area contributed by atoms with Gasteiger partial charge in [0, 0.05) is 12.6 Å². The van der Waals surface area contributed by atoms with Crippen molar-refractivity contribution in [1.82, 2.24) is 20.1 Å². The molecule has 3 rings (SSSR count). The molecule has 1 aliphatic carbocycles. The van der Waals surface area contributed by atoms with E-state index in [1.54, 1.807) is 0 Å². The van der Waals surface area contributed by atoms with Gasteiger partial charge in [0.2, 0.25) is 17.0 Å². The van der Waals surface area contributed by atoms with Crippen LogP contribution in [0.15, 0.2) is 5.16 Å². The Balaban J connectivity index is 1.58. The van der Waals surface area contributed by atoms with Crippen molar-refractivity contribution in [1.29, 1.82) is 0 Å². The molecule has 1 saturated heterocycles. The second kappa shape index (κ2) is 6.03. The average Bonchev–Trinajstić information content (AvgIpc) is 2.90. The minimum atomic E-state index is 0.218. The van der Waals surface area contributed by atoms with E-state index in [-0.39, 0.29) is 5.91 Å². The molecule has 3 N–H and O–H groups in total. The van der Waals surface area contributed by atoms with Gasteiger partial charge in [0.05, 0.1) is 5.75 Å². The Labute approximate surface area is 122 Å². The van der Waals surface area contributed by atoms with E-state index in [9.17, 15) is 4.79 Å². The smallest absolute Gasteiger partial charge is 0.233 e. The Bertz CT molecular complexity index is 475. The molecule has 6 nitrogen and oxygen atoms in total. The summed E-state index contributed by atoms with van der Waals surface area (Å²) < 4.78 is 0. The van der Waals surface area contributed by atoms with Crippen molar-refractivity contribution >= 4 is 23.6 Å². The van der Waals surface area contributed by atoms with Gasteiger partial charge >= 0.3 is 0 Å². The molecule has 1 saturated carbocycles. The number of amides is 1. The van der Waals surface area contributed by atoms with Crippen molar-refractivity contribution in [3.8, 4) is 0 Å². The van der Waals surface area contributed by atoms with Crippen LogP contribution in [0.2, 0.25) is 0 Å². The highest BCUT2D eigenvalue weighted by Crippen LogP contribution is 2.35. The number of anilines is 1. The second-order valence-electron chi connectivity index (χ2n) is 5.63. The standard InChI is InChI=1S/C13H21N5OS/c14-12-15-13(17-16-12)20-8-11(19)18-7-3-5-9-4-1-2-6-10(9)18/h9-10H,1-8H2,(H3,14,15,16,17)/t9-,10+/m0/s1. The fourth-order valence-electron chi connectivity index (χ4n) is 3.47. The number of hydrogen-bond donors (Lipinski definition) is 2. The molecule has 0 unspecified atom stereocenters. The van der Waals surface area contributed by atoms with Crippen LogP contribution in [0, 0.1) is 5.92 Å². The molecule has 0 radical (unpaired) electrons. The monoisotopic (exact) mass is 295 g/mol. The van der Waals surface area contributed by atoms with Gasteiger partial charge in [-0.15, -0.1) is 5.10 Å². The highest BCUT2D eigenvalue weighted by Gasteiger charge is 2.35. The minimum absolute atomic E-state index is 0.218. The van der Waals surface area contributed by atoms with Gasteiger partial charge in [0.25, 0.3) is 0 Å². The molecule has 2 fully saturated rings. The van der Waals surface area contributed by atoms with Gasteiger partial charge in [-0.1, -0.05) is 24.6 Å². The number of fused-ring (bicyclic) bond motifs is 1. The van der Waals surface area contributed by atoms with Gasteiger partial charge in [-0.25, -0.2) is 5.10 Å². The molecule has 2 aliphatic rings. The van der Waals surface area contributed by atoms with Crippen LogP contribution in [0.3, 0.4) is 0 Å². The van der Waals surface area contributed by atoms with E-state index in [2.05, 4.69) is 20.1 Å². The van der Waals surface area contributed by atoms with Crippen molar-refractivity contribution < 1.29 is 4.79 Å². The number of likely N-dealkylation sites (tertiary alicyclic amines) is 1. The number of nitrogens with one attached hydrogen (secondary N) is 1. The lowest BCUT2D eigenvalue weighted by atomic mass is 9.78. The van der Waals surface area contributed by atoms with E-state index in [0.29, 0.717) is 22.9 Å². The van der Waals surface area contributed by atoms with Crippen molar-refractivity contribution in [2.24, 2.45) is 5.92 Å². The van der Waals surface area contributed by atoms with Crippen LogP contribution < -0.4 is 5.73 Å². The van der Waals surface area contributed by atoms with Crippen LogP contribution in [0.1, 0.15) is 38.5 Å². The number of hydrogen-bond acceptors (Lipinski definition) is 5. The summed E-state index contributed by atoms with van der Waals surface area (Å²) in [6.07, 6.45) is 7.49. The lowest BCUT2D eigenvalue weighted by Gasteiger charge is -2.44. The van der Waals surface area contributed by atoms with E-state index in [0.717, 1.165) is 18.9 Å². The third-order valence-electron chi connectivity index (χ3n) is 4.37. The third kappa shape index (κ3) is 2.92. The van der Waals surface area contributed by atoms with Gasteiger partial charge in [-0.2, -0.15) is 4.98 Å². The molecule has 0 spiro atoms. The third-order valence-corrected chi connectivity index (χ3v) is 5.20. The quantitative estimate of drug-likeness (QED) is 0.828. The molecule has 1 amide bonds. The summed E-state index contributed by atoms with van der Waals surface area (Å²) in [5, 5.41) is 7.08. The van der Waals surface area contributed by atoms with E-state index in [1.165, 1.54) is 43.9 Å². The molecule has 1 aliphatic heterocycles. The highest BCUT2D eigenvalue weighted by molar-refractivity contribution is 7.99. The maximum Gasteiger partial charge on any atom is 0.233 e. The van der Waals surface area contributed by atoms with Crippen LogP contribution in [-0.4, -0.2) is 44.3 Å². The summed E-state index contributed by atoms with van der Waals surface area (Å²) >= 11 is 1.36. The van der Waals surface area contributed by atoms with Gasteiger partial charge in [0.15, 0.2) is 0 Å². The molecule has 2 heterocycles. The van der Waals surface area contributed by atoms with Crippen LogP contribution in [-0.2, 0) is 4.79 Å². The van der Waals surface area contributed by atoms with Crippen molar-refractivity contribution in [2.45, 2.75) is 49.7 Å². The predicted molar refractivity (Wildman–Crippen MR) is 78.2 cm³/mol. The minimum Gasteiger partial charge on any atom is -0.368 e. The summed E-state index contributed by atoms with van der Waals surface area (Å²) in [4.78, 5) is 18.6. The molecule has 110 valence electrons. The Kier molecular flexibility index (Phi) is 4.14. The molecule has 1 aromatic heterocycles. The van der Waals surface area contributed by atoms with Crippen LogP contribution in [0.5, 0.6) is 0 Å². The average molecular weight is 295 g/mol. The van der Waals surface area contributed by atoms with Crippen molar-refractivity contribution in [3.05, 3.63) is 0 Å². The Morgan fingerprint density at radius 1 is 1.35 bits per heavy atom. The summed E-state index contributed by atoms with van der Waals surface area (Å²) in [6, 6.07) is 0.475. The number of piperidine rings is 1. The first kappa shape index (κ1) is 13.7. The summed E-state index contributed by atoms with van der Waals surface area (Å²) in [7, 11) is 0. The summed E-state index contributed by atoms with van der Waals surface area (Å²) in [5.74, 6) is 1.64. The molecule has 1 aromatic rings. The zero-order chi connectivity index (χ0) is 13.9. The molecule has 0 aromatic carbocycles. The number of thioether (sulfide) groups is 1. The molecule has 7 heteroatoms. The fourth-order valence-corrected chi connectivity index (χ4v) is 4.16. The summed E-state index contributed by atoms with van der Waals surface area (Å²) in [6.45, 7) is 0.913. The molecule has 0 bridgehead atoms. The first-order valence-electron chi connectivity index (χ1n) is 7.34. The number of nitrogens with zero attached hydrogens (tertiary/aromatic N) is 3. The first-order valence-corrected chi connectivity index (χ1v) is 8.33. The number of nitrogen functional groups attached to an aromatic ring is 1. The number of carbonyl (C=O) groups excluding carboxylic acids is 1. The molecule has 20 heavy (non-hydrogen) atoms. The van der Waals surface area contributed by atoms with E-state index in [1.807, 2.05) is 0 Å². The van der Waals surface area contributed by atoms with E-state index < -0.39 is 0 Å². The molecular formula is C13H21N5OS. The molecule has 2 atom stereocenters. The maximum absolute atomic E-state index is 12.4. The van der Waals surface area contributed by atoms with Gasteiger partial charge in [0.1, 0.15) is 0 Å². The Hall–Kier alpha value is -1.24. The largest absolute Gasteiger partial charge is 0.368 e. The second-order valence-corrected chi connectivity index (χ2v) is 6.58. The summed E-state index contributed by atoms with van der Waals surface area (Å²) in [5.41, 5.74) is 5.48. The fraction of sp³-hybridized carbons (Fsp3) is 0.769. The zero-order valence-electron chi connectivity index (χ0n) is 11.5. The lowest BCUT2D eigenvalue weighted by Crippen LogP contribution is -2.50. The number of nitrogens with two attached hydrogens (primary N) is 1. The Morgan fingerprint density at radius 3 is 2.95 bits per heavy atom. The van der Waals surface area contributed by atoms with Crippen molar-refractivity contribution in [2.75, 3.05) is 18.0 Å². The van der Waals surface area contributed by atoms with Crippen molar-refractivity contribution in [3.63, 3.8) is 0 Å². The molecular weight excluding hydrogens is 274 g/mol. The van der Waals surface area contributed by atoms with Crippen LogP contribution >= 0.6 is 11.8 Å². The number of carbonyl (C=O) groups is 1. The van der Waals surface area contributed by atoms with Crippen LogP contribution in [0.25, 0.3) is 0 Å². The van der Waals surface area contributed by atoms with Crippen LogP contribution in [0.4, 0.5) is 5.95 Å². The van der Waals surface area contributed by atoms with E-state index >= 15 is 0 Å². The highest BCUT2D eigenvalue weighted by atomic mass is 32.2. The first-order chi connectivity index (χ1) is 9.74. The number of rotatable bonds is 3. The zero-order valence-corrected chi connectivity index (χ0v) is 12.4. The normalized spacial score (nSPS) is 26.3. The van der Waals surface area contributed by atoms with Gasteiger partial charge in [-0.3, -0.25) is 4.79 Å². The SMILES string of the molecule is Nc1nc(SCC(=O)N2CCC[C@@H]3CCCC[C@H]32)n[nH]1. The Morgan fingerprint density at radius 2 is 2.15 bits per heavy atom. The maximum atomic E-state index is 12.4. The predicted octanol–water partition coefficient (Wildman–Crippen LogP) is 1.66. The van der Waals surface area contributed by atoms with Gasteiger partial charge in [-0.05, 0) is 31.6 Å². The lowest BCUT2D eigenvalue weighted by molar-refractivity contribution is -0.134. The number of H-pyrrole nitrogens is 1. The topological polar surface area (TPSA) is 87.9 Å².